The van der Waals surface area contributed by atoms with Gasteiger partial charge < -0.3 is 5.32 Å². The molecule has 8 heteroatoms. The molecule has 96 valence electrons. The standard InChI is InChI=1S/C9H16N4O3S/c1-7(2)5-10-8(14)6-12-17(15,16)9-3-4-11-13-9/h3-4,7,12H,5-6H2,1-2H3,(H,10,14)(H,11,13). The largest absolute Gasteiger partial charge is 0.355 e. The van der Waals surface area contributed by atoms with Gasteiger partial charge in [-0.05, 0) is 12.0 Å². The zero-order valence-corrected chi connectivity index (χ0v) is 10.5. The van der Waals surface area contributed by atoms with E-state index in [9.17, 15) is 13.2 Å². The summed E-state index contributed by atoms with van der Waals surface area (Å²) in [5.41, 5.74) is 0. The van der Waals surface area contributed by atoms with Gasteiger partial charge in [-0.2, -0.15) is 5.10 Å². The Kier molecular flexibility index (Phi) is 4.64. The molecule has 3 N–H and O–H groups in total. The van der Waals surface area contributed by atoms with Gasteiger partial charge in [0.25, 0.3) is 10.0 Å². The van der Waals surface area contributed by atoms with Crippen LogP contribution >= 0.6 is 0 Å². The van der Waals surface area contributed by atoms with E-state index < -0.39 is 10.0 Å². The molecule has 0 saturated heterocycles. The maximum Gasteiger partial charge on any atom is 0.257 e. The third-order valence-electron chi connectivity index (χ3n) is 1.89. The summed E-state index contributed by atoms with van der Waals surface area (Å²) in [4.78, 5) is 11.3. The van der Waals surface area contributed by atoms with E-state index in [0.717, 1.165) is 0 Å². The van der Waals surface area contributed by atoms with E-state index in [1.807, 2.05) is 13.8 Å². The van der Waals surface area contributed by atoms with Gasteiger partial charge >= 0.3 is 0 Å². The summed E-state index contributed by atoms with van der Waals surface area (Å²) in [6.07, 6.45) is 1.33. The van der Waals surface area contributed by atoms with E-state index >= 15 is 0 Å². The normalized spacial score (nSPS) is 11.7. The molecule has 7 nitrogen and oxygen atoms in total. The number of nitrogens with zero attached hydrogens (tertiary/aromatic N) is 1. The molecule has 0 aliphatic heterocycles. The van der Waals surface area contributed by atoms with Crippen molar-refractivity contribution in [3.8, 4) is 0 Å². The molecule has 0 bridgehead atoms. The molecule has 17 heavy (non-hydrogen) atoms. The van der Waals surface area contributed by atoms with Crippen LogP contribution in [-0.4, -0.2) is 37.6 Å². The topological polar surface area (TPSA) is 104 Å². The SMILES string of the molecule is CC(C)CNC(=O)CNS(=O)(=O)c1ccn[nH]1. The molecular formula is C9H16N4O3S. The van der Waals surface area contributed by atoms with Gasteiger partial charge in [-0.25, -0.2) is 13.1 Å². The molecule has 0 unspecified atom stereocenters. The number of aromatic amines is 1. The number of rotatable bonds is 6. The average molecular weight is 260 g/mol. The molecule has 1 aromatic heterocycles. The van der Waals surface area contributed by atoms with E-state index in [2.05, 4.69) is 20.2 Å². The van der Waals surface area contributed by atoms with Gasteiger partial charge in [0.1, 0.15) is 0 Å². The first-order valence-electron chi connectivity index (χ1n) is 5.17. The van der Waals surface area contributed by atoms with Crippen LogP contribution in [0.3, 0.4) is 0 Å². The molecule has 0 spiro atoms. The first-order valence-corrected chi connectivity index (χ1v) is 6.66. The van der Waals surface area contributed by atoms with Crippen LogP contribution < -0.4 is 10.0 Å². The lowest BCUT2D eigenvalue weighted by Crippen LogP contribution is -2.38. The van der Waals surface area contributed by atoms with Crippen molar-refractivity contribution < 1.29 is 13.2 Å². The first-order chi connectivity index (χ1) is 7.92. The summed E-state index contributed by atoms with van der Waals surface area (Å²) in [7, 11) is -3.68. The molecule has 1 heterocycles. The fourth-order valence-corrected chi connectivity index (χ4v) is 1.90. The molecule has 0 aliphatic carbocycles. The molecule has 1 aromatic rings. The van der Waals surface area contributed by atoms with E-state index in [4.69, 9.17) is 0 Å². The van der Waals surface area contributed by atoms with Crippen LogP contribution in [0.2, 0.25) is 0 Å². The van der Waals surface area contributed by atoms with Crippen LogP contribution in [0.1, 0.15) is 13.8 Å². The van der Waals surface area contributed by atoms with Gasteiger partial charge in [-0.1, -0.05) is 13.8 Å². The van der Waals surface area contributed by atoms with E-state index in [1.165, 1.54) is 12.3 Å². The number of hydrogen-bond donors (Lipinski definition) is 3. The van der Waals surface area contributed by atoms with Crippen molar-refractivity contribution in [2.45, 2.75) is 18.9 Å². The van der Waals surface area contributed by atoms with Crippen LogP contribution in [0, 0.1) is 5.92 Å². The van der Waals surface area contributed by atoms with Crippen molar-refractivity contribution in [1.29, 1.82) is 0 Å². The minimum absolute atomic E-state index is 0.0610. The summed E-state index contributed by atoms with van der Waals surface area (Å²) in [5, 5.41) is 8.40. The second kappa shape index (κ2) is 5.78. The monoisotopic (exact) mass is 260 g/mol. The number of amides is 1. The maximum absolute atomic E-state index is 11.6. The fraction of sp³-hybridized carbons (Fsp3) is 0.556. The number of carbonyl (C=O) groups is 1. The van der Waals surface area contributed by atoms with Crippen LogP contribution in [0.5, 0.6) is 0 Å². The van der Waals surface area contributed by atoms with Crippen molar-refractivity contribution in [1.82, 2.24) is 20.2 Å². The molecule has 1 rings (SSSR count). The number of carbonyl (C=O) groups excluding carboxylic acids is 1. The minimum Gasteiger partial charge on any atom is -0.355 e. The second-order valence-electron chi connectivity index (χ2n) is 3.94. The van der Waals surface area contributed by atoms with Gasteiger partial charge in [0, 0.05) is 6.54 Å². The molecule has 1 amide bonds. The highest BCUT2D eigenvalue weighted by atomic mass is 32.2. The number of H-pyrrole nitrogens is 1. The highest BCUT2D eigenvalue weighted by molar-refractivity contribution is 7.89. The zero-order chi connectivity index (χ0) is 12.9. The Morgan fingerprint density at radius 1 is 1.53 bits per heavy atom. The van der Waals surface area contributed by atoms with Gasteiger partial charge in [-0.15, -0.1) is 0 Å². The van der Waals surface area contributed by atoms with Crippen LogP contribution in [0.15, 0.2) is 17.3 Å². The highest BCUT2D eigenvalue weighted by Crippen LogP contribution is 2.01. The fourth-order valence-electron chi connectivity index (χ4n) is 1.01. The Morgan fingerprint density at radius 2 is 2.24 bits per heavy atom. The Balaban J connectivity index is 2.43. The lowest BCUT2D eigenvalue weighted by molar-refractivity contribution is -0.120. The number of hydrogen-bond acceptors (Lipinski definition) is 4. The van der Waals surface area contributed by atoms with E-state index in [1.54, 1.807) is 0 Å². The average Bonchev–Trinajstić information content (AvgIpc) is 2.77. The third kappa shape index (κ3) is 4.53. The summed E-state index contributed by atoms with van der Waals surface area (Å²) < 4.78 is 25.3. The minimum atomic E-state index is -3.68. The van der Waals surface area contributed by atoms with Crippen LogP contribution in [0.4, 0.5) is 0 Å². The van der Waals surface area contributed by atoms with Crippen molar-refractivity contribution in [2.75, 3.05) is 13.1 Å². The predicted octanol–water partition coefficient (Wildman–Crippen LogP) is -0.540. The summed E-state index contributed by atoms with van der Waals surface area (Å²) in [5.74, 6) is -0.0371. The quantitative estimate of drug-likeness (QED) is 0.639. The molecule has 0 atom stereocenters. The van der Waals surface area contributed by atoms with Crippen molar-refractivity contribution in [2.24, 2.45) is 5.92 Å². The summed E-state index contributed by atoms with van der Waals surface area (Å²) >= 11 is 0. The maximum atomic E-state index is 11.6. The second-order valence-corrected chi connectivity index (χ2v) is 5.68. The highest BCUT2D eigenvalue weighted by Gasteiger charge is 2.16. The van der Waals surface area contributed by atoms with Crippen molar-refractivity contribution in [3.63, 3.8) is 0 Å². The van der Waals surface area contributed by atoms with Gasteiger partial charge in [-0.3, -0.25) is 9.89 Å². The Morgan fingerprint density at radius 3 is 2.76 bits per heavy atom. The molecule has 0 fully saturated rings. The van der Waals surface area contributed by atoms with Crippen molar-refractivity contribution >= 4 is 15.9 Å². The lowest BCUT2D eigenvalue weighted by Gasteiger charge is -2.08. The Bertz CT molecular complexity index is 453. The van der Waals surface area contributed by atoms with E-state index in [-0.39, 0.29) is 17.5 Å². The van der Waals surface area contributed by atoms with Gasteiger partial charge in [0.15, 0.2) is 5.03 Å². The lowest BCUT2D eigenvalue weighted by atomic mass is 10.2. The third-order valence-corrected chi connectivity index (χ3v) is 3.23. The van der Waals surface area contributed by atoms with Gasteiger partial charge in [0.05, 0.1) is 12.7 Å². The number of aromatic nitrogens is 2. The summed E-state index contributed by atoms with van der Waals surface area (Å²) in [6, 6.07) is 1.31. The molecule has 0 aliphatic rings. The molecular weight excluding hydrogens is 244 g/mol. The van der Waals surface area contributed by atoms with Crippen molar-refractivity contribution in [3.05, 3.63) is 12.3 Å². The molecule has 0 radical (unpaired) electrons. The summed E-state index contributed by atoms with van der Waals surface area (Å²) in [6.45, 7) is 4.14. The zero-order valence-electron chi connectivity index (χ0n) is 9.73. The van der Waals surface area contributed by atoms with Crippen LogP contribution in [-0.2, 0) is 14.8 Å². The number of sulfonamides is 1. The van der Waals surface area contributed by atoms with Crippen LogP contribution in [0.25, 0.3) is 0 Å². The smallest absolute Gasteiger partial charge is 0.257 e. The predicted molar refractivity (Wildman–Crippen MR) is 61.6 cm³/mol. The molecule has 0 saturated carbocycles. The first kappa shape index (κ1) is 13.7. The van der Waals surface area contributed by atoms with Gasteiger partial charge in [0.2, 0.25) is 5.91 Å². The molecule has 0 aromatic carbocycles. The Hall–Kier alpha value is -1.41. The number of nitrogens with one attached hydrogen (secondary N) is 3. The Labute approximate surface area is 100 Å². The van der Waals surface area contributed by atoms with E-state index in [0.29, 0.717) is 12.5 Å².